The summed E-state index contributed by atoms with van der Waals surface area (Å²) in [5.41, 5.74) is 2.50. The molecule has 0 aliphatic rings. The lowest BCUT2D eigenvalue weighted by atomic mass is 10.1. The van der Waals surface area contributed by atoms with Gasteiger partial charge in [-0.1, -0.05) is 18.2 Å². The van der Waals surface area contributed by atoms with Gasteiger partial charge >= 0.3 is 6.09 Å². The molecule has 19 heavy (non-hydrogen) atoms. The SMILES string of the molecule is CCOC(=O)NCCc1cn(CC)c2ccccc12. The van der Waals surface area contributed by atoms with Crippen LogP contribution >= 0.6 is 0 Å². The van der Waals surface area contributed by atoms with Crippen molar-refractivity contribution in [1.29, 1.82) is 0 Å². The molecule has 4 heteroatoms. The van der Waals surface area contributed by atoms with E-state index in [0.29, 0.717) is 13.2 Å². The van der Waals surface area contributed by atoms with E-state index in [1.54, 1.807) is 6.92 Å². The van der Waals surface area contributed by atoms with Gasteiger partial charge in [-0.15, -0.1) is 0 Å². The van der Waals surface area contributed by atoms with E-state index in [4.69, 9.17) is 4.74 Å². The Kier molecular flexibility index (Phi) is 4.44. The molecule has 2 aromatic rings. The molecule has 0 aliphatic carbocycles. The summed E-state index contributed by atoms with van der Waals surface area (Å²) in [6.07, 6.45) is 2.63. The van der Waals surface area contributed by atoms with Crippen molar-refractivity contribution in [2.45, 2.75) is 26.8 Å². The van der Waals surface area contributed by atoms with Crippen LogP contribution in [-0.2, 0) is 17.7 Å². The number of amides is 1. The van der Waals surface area contributed by atoms with Crippen molar-refractivity contribution >= 4 is 17.0 Å². The molecule has 2 rings (SSSR count). The van der Waals surface area contributed by atoms with Crippen molar-refractivity contribution in [2.24, 2.45) is 0 Å². The Balaban J connectivity index is 2.06. The third-order valence-corrected chi connectivity index (χ3v) is 3.15. The minimum absolute atomic E-state index is 0.346. The van der Waals surface area contributed by atoms with E-state index in [1.807, 2.05) is 6.07 Å². The fourth-order valence-electron chi connectivity index (χ4n) is 2.27. The van der Waals surface area contributed by atoms with Crippen molar-refractivity contribution in [2.75, 3.05) is 13.2 Å². The number of fused-ring (bicyclic) bond motifs is 1. The Morgan fingerprint density at radius 3 is 2.84 bits per heavy atom. The minimum Gasteiger partial charge on any atom is -0.450 e. The summed E-state index contributed by atoms with van der Waals surface area (Å²) in [4.78, 5) is 11.2. The quantitative estimate of drug-likeness (QED) is 0.898. The summed E-state index contributed by atoms with van der Waals surface area (Å²) >= 11 is 0. The third kappa shape index (κ3) is 3.08. The minimum atomic E-state index is -0.346. The topological polar surface area (TPSA) is 43.3 Å². The lowest BCUT2D eigenvalue weighted by molar-refractivity contribution is 0.152. The number of nitrogens with one attached hydrogen (secondary N) is 1. The summed E-state index contributed by atoms with van der Waals surface area (Å²) in [5.74, 6) is 0. The molecular formula is C15H20N2O2. The maximum absolute atomic E-state index is 11.2. The fourth-order valence-corrected chi connectivity index (χ4v) is 2.27. The largest absolute Gasteiger partial charge is 0.450 e. The fraction of sp³-hybridized carbons (Fsp3) is 0.400. The molecule has 1 N–H and O–H groups in total. The summed E-state index contributed by atoms with van der Waals surface area (Å²) in [5, 5.41) is 4.01. The third-order valence-electron chi connectivity index (χ3n) is 3.15. The molecule has 0 unspecified atom stereocenters. The van der Waals surface area contributed by atoms with Crippen LogP contribution in [0.15, 0.2) is 30.5 Å². The highest BCUT2D eigenvalue weighted by Gasteiger charge is 2.07. The van der Waals surface area contributed by atoms with Crippen LogP contribution in [0.25, 0.3) is 10.9 Å². The molecular weight excluding hydrogens is 240 g/mol. The molecule has 0 saturated carbocycles. The summed E-state index contributed by atoms with van der Waals surface area (Å²) in [6.45, 7) is 5.88. The van der Waals surface area contributed by atoms with E-state index in [9.17, 15) is 4.79 Å². The zero-order valence-corrected chi connectivity index (χ0v) is 11.5. The van der Waals surface area contributed by atoms with E-state index in [-0.39, 0.29) is 6.09 Å². The average Bonchev–Trinajstić information content (AvgIpc) is 2.78. The Labute approximate surface area is 113 Å². The molecule has 0 bridgehead atoms. The van der Waals surface area contributed by atoms with Gasteiger partial charge in [0.2, 0.25) is 0 Å². The first-order valence-electron chi connectivity index (χ1n) is 6.73. The van der Waals surface area contributed by atoms with Gasteiger partial charge in [0, 0.05) is 30.2 Å². The summed E-state index contributed by atoms with van der Waals surface area (Å²) in [6, 6.07) is 8.35. The summed E-state index contributed by atoms with van der Waals surface area (Å²) < 4.78 is 7.07. The van der Waals surface area contributed by atoms with E-state index < -0.39 is 0 Å². The maximum Gasteiger partial charge on any atom is 0.407 e. The maximum atomic E-state index is 11.2. The van der Waals surface area contributed by atoms with Crippen molar-refractivity contribution in [1.82, 2.24) is 9.88 Å². The van der Waals surface area contributed by atoms with Crippen molar-refractivity contribution in [3.63, 3.8) is 0 Å². The lowest BCUT2D eigenvalue weighted by Crippen LogP contribution is -2.26. The Morgan fingerprint density at radius 1 is 1.32 bits per heavy atom. The number of carbonyl (C=O) groups excluding carboxylic acids is 1. The Morgan fingerprint density at radius 2 is 2.11 bits per heavy atom. The molecule has 0 atom stereocenters. The molecule has 0 aliphatic heterocycles. The molecule has 4 nitrogen and oxygen atoms in total. The van der Waals surface area contributed by atoms with Crippen molar-refractivity contribution in [3.8, 4) is 0 Å². The van der Waals surface area contributed by atoms with Crippen LogP contribution in [0.5, 0.6) is 0 Å². The van der Waals surface area contributed by atoms with E-state index in [0.717, 1.165) is 13.0 Å². The highest BCUT2D eigenvalue weighted by molar-refractivity contribution is 5.84. The van der Waals surface area contributed by atoms with Crippen LogP contribution in [-0.4, -0.2) is 23.8 Å². The van der Waals surface area contributed by atoms with E-state index in [2.05, 4.69) is 41.2 Å². The van der Waals surface area contributed by atoms with Gasteiger partial charge in [0.05, 0.1) is 6.61 Å². The number of nitrogens with zero attached hydrogens (tertiary/aromatic N) is 1. The molecule has 1 amide bonds. The van der Waals surface area contributed by atoms with Gasteiger partial charge in [-0.05, 0) is 31.9 Å². The first-order valence-corrected chi connectivity index (χ1v) is 6.73. The molecule has 1 heterocycles. The smallest absolute Gasteiger partial charge is 0.407 e. The first kappa shape index (κ1) is 13.5. The standard InChI is InChI=1S/C15H20N2O2/c1-3-17-11-12(9-10-16-15(18)19-4-2)13-7-5-6-8-14(13)17/h5-8,11H,3-4,9-10H2,1-2H3,(H,16,18). The second kappa shape index (κ2) is 6.27. The predicted molar refractivity (Wildman–Crippen MR) is 76.3 cm³/mol. The Hall–Kier alpha value is -1.97. The highest BCUT2D eigenvalue weighted by Crippen LogP contribution is 2.21. The summed E-state index contributed by atoms with van der Waals surface area (Å²) in [7, 11) is 0. The normalized spacial score (nSPS) is 10.6. The molecule has 0 radical (unpaired) electrons. The van der Waals surface area contributed by atoms with Crippen LogP contribution < -0.4 is 5.32 Å². The molecule has 0 spiro atoms. The van der Waals surface area contributed by atoms with Gasteiger partial charge in [0.1, 0.15) is 0 Å². The van der Waals surface area contributed by atoms with Crippen LogP contribution in [0.3, 0.4) is 0 Å². The number of benzene rings is 1. The number of aryl methyl sites for hydroxylation is 1. The van der Waals surface area contributed by atoms with Gasteiger partial charge in [-0.3, -0.25) is 0 Å². The molecule has 1 aromatic heterocycles. The number of rotatable bonds is 5. The van der Waals surface area contributed by atoms with Crippen LogP contribution in [0.2, 0.25) is 0 Å². The van der Waals surface area contributed by atoms with Gasteiger partial charge in [0.15, 0.2) is 0 Å². The monoisotopic (exact) mass is 260 g/mol. The zero-order chi connectivity index (χ0) is 13.7. The second-order valence-corrected chi connectivity index (χ2v) is 4.35. The van der Waals surface area contributed by atoms with Gasteiger partial charge in [-0.25, -0.2) is 4.79 Å². The number of aromatic nitrogens is 1. The molecule has 102 valence electrons. The number of hydrogen-bond acceptors (Lipinski definition) is 2. The first-order chi connectivity index (χ1) is 9.26. The average molecular weight is 260 g/mol. The van der Waals surface area contributed by atoms with E-state index >= 15 is 0 Å². The van der Waals surface area contributed by atoms with Gasteiger partial charge in [-0.2, -0.15) is 0 Å². The van der Waals surface area contributed by atoms with Gasteiger partial charge < -0.3 is 14.6 Å². The van der Waals surface area contributed by atoms with Gasteiger partial charge in [0.25, 0.3) is 0 Å². The number of alkyl carbamates (subject to hydrolysis) is 1. The second-order valence-electron chi connectivity index (χ2n) is 4.35. The zero-order valence-electron chi connectivity index (χ0n) is 11.5. The molecule has 1 aromatic carbocycles. The highest BCUT2D eigenvalue weighted by atomic mass is 16.5. The number of hydrogen-bond donors (Lipinski definition) is 1. The predicted octanol–water partition coefficient (Wildman–Crippen LogP) is 2.95. The number of ether oxygens (including phenoxy) is 1. The number of carbonyl (C=O) groups is 1. The lowest BCUT2D eigenvalue weighted by Gasteiger charge is -2.04. The van der Waals surface area contributed by atoms with E-state index in [1.165, 1.54) is 16.5 Å². The van der Waals surface area contributed by atoms with Crippen molar-refractivity contribution < 1.29 is 9.53 Å². The van der Waals surface area contributed by atoms with Crippen molar-refractivity contribution in [3.05, 3.63) is 36.0 Å². The van der Waals surface area contributed by atoms with Crippen LogP contribution in [0, 0.1) is 0 Å². The van der Waals surface area contributed by atoms with Crippen LogP contribution in [0.4, 0.5) is 4.79 Å². The van der Waals surface area contributed by atoms with Crippen LogP contribution in [0.1, 0.15) is 19.4 Å². The molecule has 0 saturated heterocycles. The Bertz CT molecular complexity index is 560. The number of para-hydroxylation sites is 1. The molecule has 0 fully saturated rings.